The Morgan fingerprint density at radius 2 is 2.05 bits per heavy atom. The molecule has 4 unspecified atom stereocenters. The van der Waals surface area contributed by atoms with E-state index in [-0.39, 0.29) is 5.92 Å². The van der Waals surface area contributed by atoms with E-state index in [1.807, 2.05) is 6.92 Å². The molecule has 0 spiro atoms. The van der Waals surface area contributed by atoms with Crippen LogP contribution in [-0.4, -0.2) is 17.9 Å². The van der Waals surface area contributed by atoms with Gasteiger partial charge in [0.1, 0.15) is 5.78 Å². The molecule has 2 heterocycles. The Balaban J connectivity index is 1.92. The number of benzene rings is 1. The highest BCUT2D eigenvalue weighted by Gasteiger charge is 2.44. The summed E-state index contributed by atoms with van der Waals surface area (Å²) in [7, 11) is 0. The molecule has 2 aliphatic rings. The van der Waals surface area contributed by atoms with E-state index in [2.05, 4.69) is 52.2 Å². The van der Waals surface area contributed by atoms with Gasteiger partial charge in [-0.2, -0.15) is 0 Å². The lowest BCUT2D eigenvalue weighted by Crippen LogP contribution is -2.47. The van der Waals surface area contributed by atoms with Crippen LogP contribution in [0.15, 0.2) is 24.3 Å². The smallest absolute Gasteiger partial charge is 0.137 e. The molecule has 1 N–H and O–H groups in total. The van der Waals surface area contributed by atoms with Crippen molar-refractivity contribution in [2.75, 3.05) is 0 Å². The molecule has 2 nitrogen and oxygen atoms in total. The molecule has 3 heteroatoms. The van der Waals surface area contributed by atoms with E-state index in [0.29, 0.717) is 30.2 Å². The molecule has 1 aromatic carbocycles. The summed E-state index contributed by atoms with van der Waals surface area (Å²) < 4.78 is 1.26. The van der Waals surface area contributed by atoms with Crippen LogP contribution in [0.3, 0.4) is 0 Å². The first-order valence-electron chi connectivity index (χ1n) is 7.23. The van der Waals surface area contributed by atoms with Crippen LogP contribution in [0.4, 0.5) is 0 Å². The van der Waals surface area contributed by atoms with Gasteiger partial charge in [0, 0.05) is 28.0 Å². The van der Waals surface area contributed by atoms with Gasteiger partial charge in [0.15, 0.2) is 0 Å². The standard InChI is InChI=1S/C16H20INO/c1-2-15(19)16-13(9-12-7-8-14(16)18-12)10-3-5-11(17)6-4-10/h3-6,12-14,16,18H,2,7-9H2,1H3. The second-order valence-corrected chi connectivity index (χ2v) is 7.03. The van der Waals surface area contributed by atoms with Crippen molar-refractivity contribution in [3.63, 3.8) is 0 Å². The van der Waals surface area contributed by atoms with E-state index >= 15 is 0 Å². The molecule has 0 aliphatic carbocycles. The fourth-order valence-corrected chi connectivity index (χ4v) is 4.15. The Morgan fingerprint density at radius 3 is 2.74 bits per heavy atom. The number of carbonyl (C=O) groups is 1. The third kappa shape index (κ3) is 2.59. The van der Waals surface area contributed by atoms with Crippen molar-refractivity contribution < 1.29 is 4.79 Å². The van der Waals surface area contributed by atoms with Gasteiger partial charge in [0.25, 0.3) is 0 Å². The van der Waals surface area contributed by atoms with Gasteiger partial charge in [-0.15, -0.1) is 0 Å². The van der Waals surface area contributed by atoms with Crippen LogP contribution in [0, 0.1) is 9.49 Å². The lowest BCUT2D eigenvalue weighted by atomic mass is 9.74. The number of carbonyl (C=O) groups excluding carboxylic acids is 1. The molecule has 0 amide bonds. The number of hydrogen-bond acceptors (Lipinski definition) is 2. The zero-order valence-electron chi connectivity index (χ0n) is 11.2. The molecular formula is C16H20INO. The molecule has 0 saturated carbocycles. The van der Waals surface area contributed by atoms with Crippen LogP contribution < -0.4 is 5.32 Å². The van der Waals surface area contributed by atoms with E-state index in [4.69, 9.17) is 0 Å². The molecule has 19 heavy (non-hydrogen) atoms. The minimum Gasteiger partial charge on any atom is -0.310 e. The average Bonchev–Trinajstić information content (AvgIpc) is 2.80. The van der Waals surface area contributed by atoms with E-state index < -0.39 is 0 Å². The fourth-order valence-electron chi connectivity index (χ4n) is 3.79. The molecule has 2 fully saturated rings. The predicted molar refractivity (Wildman–Crippen MR) is 85.3 cm³/mol. The van der Waals surface area contributed by atoms with Gasteiger partial charge in [-0.05, 0) is 65.5 Å². The highest BCUT2D eigenvalue weighted by Crippen LogP contribution is 2.42. The van der Waals surface area contributed by atoms with Crippen molar-refractivity contribution in [3.8, 4) is 0 Å². The van der Waals surface area contributed by atoms with Crippen LogP contribution in [0.1, 0.15) is 44.1 Å². The zero-order chi connectivity index (χ0) is 13.4. The van der Waals surface area contributed by atoms with Gasteiger partial charge in [-0.3, -0.25) is 4.79 Å². The summed E-state index contributed by atoms with van der Waals surface area (Å²) >= 11 is 2.33. The Morgan fingerprint density at radius 1 is 1.32 bits per heavy atom. The average molecular weight is 369 g/mol. The van der Waals surface area contributed by atoms with Crippen molar-refractivity contribution in [1.29, 1.82) is 0 Å². The van der Waals surface area contributed by atoms with Crippen molar-refractivity contribution in [3.05, 3.63) is 33.4 Å². The monoisotopic (exact) mass is 369 g/mol. The summed E-state index contributed by atoms with van der Waals surface area (Å²) in [4.78, 5) is 12.4. The number of ketones is 1. The van der Waals surface area contributed by atoms with Gasteiger partial charge in [-0.1, -0.05) is 19.1 Å². The van der Waals surface area contributed by atoms with E-state index in [1.165, 1.54) is 22.0 Å². The second-order valence-electron chi connectivity index (χ2n) is 5.79. The maximum absolute atomic E-state index is 12.4. The van der Waals surface area contributed by atoms with Gasteiger partial charge in [-0.25, -0.2) is 0 Å². The van der Waals surface area contributed by atoms with Gasteiger partial charge < -0.3 is 5.32 Å². The van der Waals surface area contributed by atoms with Gasteiger partial charge in [0.2, 0.25) is 0 Å². The van der Waals surface area contributed by atoms with Gasteiger partial charge in [0.05, 0.1) is 0 Å². The molecule has 102 valence electrons. The number of fused-ring (bicyclic) bond motifs is 2. The van der Waals surface area contributed by atoms with E-state index in [1.54, 1.807) is 0 Å². The highest BCUT2D eigenvalue weighted by atomic mass is 127. The SMILES string of the molecule is CCC(=O)C1C2CCC(CC1c1ccc(I)cc1)N2. The van der Waals surface area contributed by atoms with E-state index in [0.717, 1.165) is 6.42 Å². The second kappa shape index (κ2) is 5.52. The summed E-state index contributed by atoms with van der Waals surface area (Å²) in [6.45, 7) is 1.99. The number of hydrogen-bond donors (Lipinski definition) is 1. The molecule has 4 atom stereocenters. The lowest BCUT2D eigenvalue weighted by molar-refractivity contribution is -0.124. The number of rotatable bonds is 3. The summed E-state index contributed by atoms with van der Waals surface area (Å²) in [5.41, 5.74) is 1.35. The Kier molecular flexibility index (Phi) is 3.94. The molecule has 2 aliphatic heterocycles. The third-order valence-electron chi connectivity index (χ3n) is 4.70. The van der Waals surface area contributed by atoms with Gasteiger partial charge >= 0.3 is 0 Å². The van der Waals surface area contributed by atoms with Crippen LogP contribution >= 0.6 is 22.6 Å². The first-order valence-corrected chi connectivity index (χ1v) is 8.31. The molecule has 3 rings (SSSR count). The molecule has 1 aromatic rings. The highest BCUT2D eigenvalue weighted by molar-refractivity contribution is 14.1. The number of nitrogens with one attached hydrogen (secondary N) is 1. The Bertz CT molecular complexity index is 470. The molecule has 2 bridgehead atoms. The number of Topliss-reactive ketones (excluding diaryl/α,β-unsaturated/α-hetero) is 1. The molecular weight excluding hydrogens is 349 g/mol. The summed E-state index contributed by atoms with van der Waals surface area (Å²) in [6.07, 6.45) is 4.18. The largest absolute Gasteiger partial charge is 0.310 e. The third-order valence-corrected chi connectivity index (χ3v) is 5.42. The lowest BCUT2D eigenvalue weighted by Gasteiger charge is -2.37. The quantitative estimate of drug-likeness (QED) is 0.827. The Hall–Kier alpha value is -0.420. The van der Waals surface area contributed by atoms with Crippen LogP contribution in [0.25, 0.3) is 0 Å². The maximum atomic E-state index is 12.4. The van der Waals surface area contributed by atoms with Crippen molar-refractivity contribution in [2.24, 2.45) is 5.92 Å². The van der Waals surface area contributed by atoms with Crippen molar-refractivity contribution in [1.82, 2.24) is 5.32 Å². The van der Waals surface area contributed by atoms with E-state index in [9.17, 15) is 4.79 Å². The molecule has 0 radical (unpaired) electrons. The first-order chi connectivity index (χ1) is 9.19. The predicted octanol–water partition coefficient (Wildman–Crippen LogP) is 3.49. The summed E-state index contributed by atoms with van der Waals surface area (Å²) in [5.74, 6) is 1.04. The normalized spacial score (nSPS) is 33.4. The first kappa shape index (κ1) is 13.6. The number of halogens is 1. The zero-order valence-corrected chi connectivity index (χ0v) is 13.4. The van der Waals surface area contributed by atoms with Crippen molar-refractivity contribution >= 4 is 28.4 Å². The van der Waals surface area contributed by atoms with Crippen LogP contribution in [0.5, 0.6) is 0 Å². The Labute approximate surface area is 128 Å². The minimum atomic E-state index is 0.184. The molecule has 2 saturated heterocycles. The summed E-state index contributed by atoms with van der Waals surface area (Å²) in [6, 6.07) is 9.78. The van der Waals surface area contributed by atoms with Crippen LogP contribution in [0.2, 0.25) is 0 Å². The van der Waals surface area contributed by atoms with Crippen molar-refractivity contribution in [2.45, 2.75) is 50.6 Å². The minimum absolute atomic E-state index is 0.184. The van der Waals surface area contributed by atoms with Crippen LogP contribution in [-0.2, 0) is 4.79 Å². The summed E-state index contributed by atoms with van der Waals surface area (Å²) in [5, 5.41) is 3.64. The maximum Gasteiger partial charge on any atom is 0.137 e. The topological polar surface area (TPSA) is 29.1 Å². The fraction of sp³-hybridized carbons (Fsp3) is 0.562. The number of piperidine rings is 1. The molecule has 0 aromatic heterocycles.